The lowest BCUT2D eigenvalue weighted by atomic mass is 9.89. The summed E-state index contributed by atoms with van der Waals surface area (Å²) >= 11 is 0. The quantitative estimate of drug-likeness (QED) is 0.907. The highest BCUT2D eigenvalue weighted by Crippen LogP contribution is 2.44. The Morgan fingerprint density at radius 1 is 1.25 bits per heavy atom. The van der Waals surface area contributed by atoms with E-state index in [4.69, 9.17) is 9.47 Å². The Morgan fingerprint density at radius 3 is 2.80 bits per heavy atom. The molecule has 1 fully saturated rings. The monoisotopic (exact) mass is 287 g/mol. The standard InChI is InChI=1S/C14H16F3NO2/c15-14(16,17)11-3-4-12-13(20-8-19-12)10(11)6-9-2-1-5-18-7-9/h3-4,9,18H,1-2,5-8H2. The summed E-state index contributed by atoms with van der Waals surface area (Å²) in [5.74, 6) is 0.891. The molecular weight excluding hydrogens is 271 g/mol. The van der Waals surface area contributed by atoms with Crippen LogP contribution in [0.25, 0.3) is 0 Å². The molecule has 0 amide bonds. The Labute approximate surface area is 115 Å². The molecule has 0 bridgehead atoms. The lowest BCUT2D eigenvalue weighted by Gasteiger charge is -2.24. The van der Waals surface area contributed by atoms with E-state index in [1.807, 2.05) is 0 Å². The largest absolute Gasteiger partial charge is 0.454 e. The van der Waals surface area contributed by atoms with Gasteiger partial charge >= 0.3 is 6.18 Å². The van der Waals surface area contributed by atoms with E-state index in [0.717, 1.165) is 32.0 Å². The molecule has 2 aliphatic rings. The lowest BCUT2D eigenvalue weighted by Crippen LogP contribution is -2.31. The summed E-state index contributed by atoms with van der Waals surface area (Å²) < 4.78 is 49.9. The van der Waals surface area contributed by atoms with E-state index in [9.17, 15) is 13.2 Å². The number of alkyl halides is 3. The Hall–Kier alpha value is -1.43. The molecule has 110 valence electrons. The number of hydrogen-bond donors (Lipinski definition) is 1. The predicted molar refractivity (Wildman–Crippen MR) is 66.9 cm³/mol. The van der Waals surface area contributed by atoms with Gasteiger partial charge in [0, 0.05) is 5.56 Å². The van der Waals surface area contributed by atoms with Crippen molar-refractivity contribution < 1.29 is 22.6 Å². The van der Waals surface area contributed by atoms with E-state index in [2.05, 4.69) is 5.32 Å². The van der Waals surface area contributed by atoms with Crippen molar-refractivity contribution in [1.82, 2.24) is 5.32 Å². The number of hydrogen-bond acceptors (Lipinski definition) is 3. The first-order valence-corrected chi connectivity index (χ1v) is 6.75. The van der Waals surface area contributed by atoms with Crippen LogP contribution < -0.4 is 14.8 Å². The molecule has 1 atom stereocenters. The fraction of sp³-hybridized carbons (Fsp3) is 0.571. The molecule has 1 saturated heterocycles. The van der Waals surface area contributed by atoms with Crippen LogP contribution in [0.2, 0.25) is 0 Å². The van der Waals surface area contributed by atoms with Gasteiger partial charge in [0.1, 0.15) is 0 Å². The van der Waals surface area contributed by atoms with Crippen LogP contribution in [-0.2, 0) is 12.6 Å². The van der Waals surface area contributed by atoms with Crippen LogP contribution in [0.4, 0.5) is 13.2 Å². The van der Waals surface area contributed by atoms with Crippen LogP contribution in [0.15, 0.2) is 12.1 Å². The molecular formula is C14H16F3NO2. The van der Waals surface area contributed by atoms with Crippen molar-refractivity contribution in [3.05, 3.63) is 23.3 Å². The molecule has 0 saturated carbocycles. The van der Waals surface area contributed by atoms with Crippen molar-refractivity contribution in [3.8, 4) is 11.5 Å². The summed E-state index contributed by atoms with van der Waals surface area (Å²) in [6, 6.07) is 2.44. The molecule has 0 radical (unpaired) electrons. The smallest absolute Gasteiger partial charge is 0.416 e. The van der Waals surface area contributed by atoms with Gasteiger partial charge in [-0.25, -0.2) is 0 Å². The molecule has 1 aromatic rings. The highest BCUT2D eigenvalue weighted by Gasteiger charge is 2.37. The molecule has 0 aromatic heterocycles. The normalized spacial score (nSPS) is 22.1. The van der Waals surface area contributed by atoms with Gasteiger partial charge in [-0.15, -0.1) is 0 Å². The van der Waals surface area contributed by atoms with Crippen LogP contribution in [0, 0.1) is 5.92 Å². The van der Waals surface area contributed by atoms with Crippen molar-refractivity contribution in [1.29, 1.82) is 0 Å². The number of piperidine rings is 1. The van der Waals surface area contributed by atoms with Gasteiger partial charge in [-0.05, 0) is 50.4 Å². The molecule has 20 heavy (non-hydrogen) atoms. The first kappa shape index (κ1) is 13.5. The number of nitrogens with one attached hydrogen (secondary N) is 1. The maximum Gasteiger partial charge on any atom is 0.416 e. The zero-order chi connectivity index (χ0) is 14.2. The van der Waals surface area contributed by atoms with Crippen molar-refractivity contribution in [2.24, 2.45) is 5.92 Å². The van der Waals surface area contributed by atoms with Crippen molar-refractivity contribution in [2.75, 3.05) is 19.9 Å². The molecule has 3 nitrogen and oxygen atoms in total. The SMILES string of the molecule is FC(F)(F)c1ccc2c(c1CC1CCCNC1)OCO2. The number of fused-ring (bicyclic) bond motifs is 1. The van der Waals surface area contributed by atoms with Crippen molar-refractivity contribution in [2.45, 2.75) is 25.4 Å². The summed E-state index contributed by atoms with van der Waals surface area (Å²) in [4.78, 5) is 0. The summed E-state index contributed by atoms with van der Waals surface area (Å²) in [6.45, 7) is 1.68. The zero-order valence-corrected chi connectivity index (χ0v) is 10.9. The minimum Gasteiger partial charge on any atom is -0.454 e. The van der Waals surface area contributed by atoms with E-state index in [0.29, 0.717) is 12.2 Å². The summed E-state index contributed by atoms with van der Waals surface area (Å²) in [7, 11) is 0. The molecule has 2 heterocycles. The van der Waals surface area contributed by atoms with Crippen LogP contribution in [0.5, 0.6) is 11.5 Å². The maximum atomic E-state index is 13.2. The van der Waals surface area contributed by atoms with Crippen LogP contribution >= 0.6 is 0 Å². The Morgan fingerprint density at radius 2 is 2.10 bits per heavy atom. The van der Waals surface area contributed by atoms with E-state index < -0.39 is 11.7 Å². The summed E-state index contributed by atoms with van der Waals surface area (Å²) in [6.07, 6.45) is -2.06. The van der Waals surface area contributed by atoms with E-state index >= 15 is 0 Å². The molecule has 2 aliphatic heterocycles. The minimum absolute atomic E-state index is 0.00738. The topological polar surface area (TPSA) is 30.5 Å². The molecule has 3 rings (SSSR count). The van der Waals surface area contributed by atoms with Gasteiger partial charge in [0.2, 0.25) is 6.79 Å². The van der Waals surface area contributed by atoms with Gasteiger partial charge in [0.25, 0.3) is 0 Å². The second kappa shape index (κ2) is 5.16. The Balaban J connectivity index is 1.95. The average molecular weight is 287 g/mol. The number of ether oxygens (including phenoxy) is 2. The van der Waals surface area contributed by atoms with Gasteiger partial charge in [0.05, 0.1) is 5.56 Å². The fourth-order valence-electron chi connectivity index (χ4n) is 2.89. The lowest BCUT2D eigenvalue weighted by molar-refractivity contribution is -0.138. The highest BCUT2D eigenvalue weighted by molar-refractivity contribution is 5.53. The number of benzene rings is 1. The Kier molecular flexibility index (Phi) is 3.50. The van der Waals surface area contributed by atoms with E-state index in [-0.39, 0.29) is 24.0 Å². The minimum atomic E-state index is -4.36. The first-order valence-electron chi connectivity index (χ1n) is 6.75. The third-order valence-corrected chi connectivity index (χ3v) is 3.84. The third-order valence-electron chi connectivity index (χ3n) is 3.84. The molecule has 0 aliphatic carbocycles. The van der Waals surface area contributed by atoms with E-state index in [1.54, 1.807) is 0 Å². The van der Waals surface area contributed by atoms with Crippen molar-refractivity contribution in [3.63, 3.8) is 0 Å². The Bertz CT molecular complexity index is 496. The third kappa shape index (κ3) is 2.57. The number of rotatable bonds is 2. The molecule has 6 heteroatoms. The zero-order valence-electron chi connectivity index (χ0n) is 10.9. The molecule has 1 unspecified atom stereocenters. The van der Waals surface area contributed by atoms with Gasteiger partial charge in [-0.2, -0.15) is 13.2 Å². The second-order valence-electron chi connectivity index (χ2n) is 5.24. The van der Waals surface area contributed by atoms with Gasteiger partial charge in [-0.1, -0.05) is 0 Å². The predicted octanol–water partition coefficient (Wildman–Crippen LogP) is 2.98. The van der Waals surface area contributed by atoms with Crippen molar-refractivity contribution >= 4 is 0 Å². The summed E-state index contributed by atoms with van der Waals surface area (Å²) in [5, 5.41) is 3.23. The average Bonchev–Trinajstić information content (AvgIpc) is 2.87. The fourth-order valence-corrected chi connectivity index (χ4v) is 2.89. The van der Waals surface area contributed by atoms with Crippen LogP contribution in [-0.4, -0.2) is 19.9 Å². The first-order chi connectivity index (χ1) is 9.55. The molecule has 1 aromatic carbocycles. The van der Waals surface area contributed by atoms with Gasteiger partial charge in [-0.3, -0.25) is 0 Å². The molecule has 1 N–H and O–H groups in total. The highest BCUT2D eigenvalue weighted by atomic mass is 19.4. The second-order valence-corrected chi connectivity index (χ2v) is 5.24. The van der Waals surface area contributed by atoms with Gasteiger partial charge in [0.15, 0.2) is 11.5 Å². The van der Waals surface area contributed by atoms with Crippen LogP contribution in [0.3, 0.4) is 0 Å². The number of halogens is 3. The molecule has 0 spiro atoms. The summed E-state index contributed by atoms with van der Waals surface area (Å²) in [5.41, 5.74) is -0.367. The maximum absolute atomic E-state index is 13.2. The van der Waals surface area contributed by atoms with Gasteiger partial charge < -0.3 is 14.8 Å². The van der Waals surface area contributed by atoms with Crippen LogP contribution in [0.1, 0.15) is 24.0 Å². The van der Waals surface area contributed by atoms with E-state index in [1.165, 1.54) is 6.07 Å².